The van der Waals surface area contributed by atoms with Gasteiger partial charge >= 0.3 is 0 Å². The molecule has 0 unspecified atom stereocenters. The third-order valence-corrected chi connectivity index (χ3v) is 4.27. The van der Waals surface area contributed by atoms with Crippen molar-refractivity contribution in [3.05, 3.63) is 70.8 Å². The predicted octanol–water partition coefficient (Wildman–Crippen LogP) is 3.94. The van der Waals surface area contributed by atoms with Crippen LogP contribution in [-0.4, -0.2) is 18.2 Å². The second-order valence-electron chi connectivity index (χ2n) is 5.86. The molecule has 2 aromatic rings. The van der Waals surface area contributed by atoms with Crippen LogP contribution in [-0.2, 0) is 4.79 Å². The van der Waals surface area contributed by atoms with E-state index in [9.17, 15) is 9.59 Å². The van der Waals surface area contributed by atoms with Gasteiger partial charge in [-0.2, -0.15) is 0 Å². The van der Waals surface area contributed by atoms with E-state index in [0.717, 1.165) is 5.56 Å². The molecule has 0 bridgehead atoms. The van der Waals surface area contributed by atoms with Gasteiger partial charge in [0, 0.05) is 24.6 Å². The van der Waals surface area contributed by atoms with E-state index in [1.165, 1.54) is 11.1 Å². The number of para-hydroxylation sites is 1. The van der Waals surface area contributed by atoms with Gasteiger partial charge in [0.15, 0.2) is 5.78 Å². The fourth-order valence-corrected chi connectivity index (χ4v) is 2.77. The Morgan fingerprint density at radius 1 is 1.09 bits per heavy atom. The lowest BCUT2D eigenvalue weighted by atomic mass is 10.0. The number of anilines is 1. The fraction of sp³-hybridized carbons (Fsp3) is 0.200. The van der Waals surface area contributed by atoms with Gasteiger partial charge in [0.2, 0.25) is 0 Å². The summed E-state index contributed by atoms with van der Waals surface area (Å²) in [6, 6.07) is 13.4. The Bertz CT molecular complexity index is 805. The van der Waals surface area contributed by atoms with Gasteiger partial charge in [-0.05, 0) is 48.7 Å². The normalized spacial score (nSPS) is 14.2. The summed E-state index contributed by atoms with van der Waals surface area (Å²) in [7, 11) is 0. The number of Topliss-reactive ketones (excluding diaryl/α,β-unsaturated/α-hetero) is 1. The van der Waals surface area contributed by atoms with E-state index < -0.39 is 0 Å². The average Bonchev–Trinajstić information content (AvgIpc) is 2.56. The number of hydrogen-bond acceptors (Lipinski definition) is 2. The zero-order valence-corrected chi connectivity index (χ0v) is 13.4. The molecule has 23 heavy (non-hydrogen) atoms. The minimum absolute atomic E-state index is 0.0943. The van der Waals surface area contributed by atoms with Crippen LogP contribution in [0.25, 0.3) is 6.08 Å². The Labute approximate surface area is 136 Å². The first kappa shape index (κ1) is 15.2. The van der Waals surface area contributed by atoms with Crippen molar-refractivity contribution in [3.63, 3.8) is 0 Å². The second-order valence-corrected chi connectivity index (χ2v) is 5.86. The van der Waals surface area contributed by atoms with Crippen LogP contribution >= 0.6 is 0 Å². The van der Waals surface area contributed by atoms with Crippen LogP contribution in [0.2, 0.25) is 0 Å². The van der Waals surface area contributed by atoms with Crippen LogP contribution < -0.4 is 4.90 Å². The highest BCUT2D eigenvalue weighted by Gasteiger charge is 2.25. The molecule has 0 N–H and O–H groups in total. The van der Waals surface area contributed by atoms with Gasteiger partial charge in [-0.15, -0.1) is 0 Å². The molecule has 0 saturated carbocycles. The number of aryl methyl sites for hydroxylation is 2. The first-order valence-corrected chi connectivity index (χ1v) is 7.75. The summed E-state index contributed by atoms with van der Waals surface area (Å²) in [5, 5.41) is 0. The van der Waals surface area contributed by atoms with E-state index in [1.54, 1.807) is 17.0 Å². The van der Waals surface area contributed by atoms with Crippen molar-refractivity contribution in [1.82, 2.24) is 0 Å². The zero-order valence-electron chi connectivity index (χ0n) is 13.4. The quantitative estimate of drug-likeness (QED) is 0.788. The molecule has 1 amide bonds. The number of amides is 1. The lowest BCUT2D eigenvalue weighted by Gasteiger charge is -2.27. The molecule has 2 aromatic carbocycles. The molecule has 1 aliphatic rings. The van der Waals surface area contributed by atoms with Crippen molar-refractivity contribution in [1.29, 1.82) is 0 Å². The molecule has 0 aliphatic carbocycles. The Balaban J connectivity index is 1.84. The standard InChI is InChI=1S/C20H19NO2/c1-14-7-8-16(13-15(14)2)9-10-20(23)21-12-11-19(22)17-5-3-4-6-18(17)21/h3-10,13H,11-12H2,1-2H3/b10-9+. The van der Waals surface area contributed by atoms with Crippen LogP contribution in [0.1, 0.15) is 33.5 Å². The third-order valence-electron chi connectivity index (χ3n) is 4.27. The van der Waals surface area contributed by atoms with Gasteiger partial charge in [-0.1, -0.05) is 30.3 Å². The minimum atomic E-state index is -0.0943. The summed E-state index contributed by atoms with van der Waals surface area (Å²) in [4.78, 5) is 26.1. The van der Waals surface area contributed by atoms with E-state index in [4.69, 9.17) is 0 Å². The summed E-state index contributed by atoms with van der Waals surface area (Å²) < 4.78 is 0. The number of benzene rings is 2. The molecule has 116 valence electrons. The molecule has 0 spiro atoms. The Morgan fingerprint density at radius 2 is 1.87 bits per heavy atom. The minimum Gasteiger partial charge on any atom is -0.308 e. The summed E-state index contributed by atoms with van der Waals surface area (Å²) in [6.45, 7) is 4.56. The number of rotatable bonds is 2. The highest BCUT2D eigenvalue weighted by molar-refractivity contribution is 6.12. The molecule has 3 nitrogen and oxygen atoms in total. The lowest BCUT2D eigenvalue weighted by molar-refractivity contribution is -0.114. The first-order valence-electron chi connectivity index (χ1n) is 7.75. The highest BCUT2D eigenvalue weighted by atomic mass is 16.2. The molecule has 3 heteroatoms. The number of fused-ring (bicyclic) bond motifs is 1. The molecule has 0 aromatic heterocycles. The molecule has 3 rings (SSSR count). The topological polar surface area (TPSA) is 37.4 Å². The largest absolute Gasteiger partial charge is 0.308 e. The highest BCUT2D eigenvalue weighted by Crippen LogP contribution is 2.27. The van der Waals surface area contributed by atoms with E-state index >= 15 is 0 Å². The number of carbonyl (C=O) groups is 2. The van der Waals surface area contributed by atoms with Gasteiger partial charge in [0.1, 0.15) is 0 Å². The van der Waals surface area contributed by atoms with Crippen molar-refractivity contribution in [2.24, 2.45) is 0 Å². The van der Waals surface area contributed by atoms with Gasteiger partial charge < -0.3 is 4.90 Å². The number of ketones is 1. The van der Waals surface area contributed by atoms with Crippen LogP contribution in [0.4, 0.5) is 5.69 Å². The SMILES string of the molecule is Cc1ccc(/C=C/C(=O)N2CCC(=O)c3ccccc32)cc1C. The number of hydrogen-bond donors (Lipinski definition) is 0. The monoisotopic (exact) mass is 305 g/mol. The Hall–Kier alpha value is -2.68. The van der Waals surface area contributed by atoms with Crippen LogP contribution in [0.15, 0.2) is 48.5 Å². The van der Waals surface area contributed by atoms with Crippen LogP contribution in [0.3, 0.4) is 0 Å². The average molecular weight is 305 g/mol. The van der Waals surface area contributed by atoms with Crippen molar-refractivity contribution >= 4 is 23.5 Å². The molecular formula is C20H19NO2. The van der Waals surface area contributed by atoms with Crippen molar-refractivity contribution in [3.8, 4) is 0 Å². The predicted molar refractivity (Wildman–Crippen MR) is 92.7 cm³/mol. The maximum atomic E-state index is 12.5. The molecule has 0 radical (unpaired) electrons. The van der Waals surface area contributed by atoms with Gasteiger partial charge in [-0.25, -0.2) is 0 Å². The third kappa shape index (κ3) is 3.09. The summed E-state index contributed by atoms with van der Waals surface area (Å²) in [5.74, 6) is 0.00553. The Morgan fingerprint density at radius 3 is 2.65 bits per heavy atom. The maximum absolute atomic E-state index is 12.5. The zero-order chi connectivity index (χ0) is 16.4. The summed E-state index contributed by atoms with van der Waals surface area (Å²) >= 11 is 0. The van der Waals surface area contributed by atoms with Gasteiger partial charge in [0.25, 0.3) is 5.91 Å². The molecule has 0 fully saturated rings. The first-order chi connectivity index (χ1) is 11.1. The smallest absolute Gasteiger partial charge is 0.251 e. The van der Waals surface area contributed by atoms with Gasteiger partial charge in [0.05, 0.1) is 5.69 Å². The van der Waals surface area contributed by atoms with E-state index in [1.807, 2.05) is 36.4 Å². The van der Waals surface area contributed by atoms with Crippen molar-refractivity contribution < 1.29 is 9.59 Å². The van der Waals surface area contributed by atoms with E-state index in [0.29, 0.717) is 24.2 Å². The number of carbonyl (C=O) groups excluding carboxylic acids is 2. The summed E-state index contributed by atoms with van der Waals surface area (Å²) in [5.41, 5.74) is 4.78. The fourth-order valence-electron chi connectivity index (χ4n) is 2.77. The lowest BCUT2D eigenvalue weighted by Crippen LogP contribution is -2.36. The van der Waals surface area contributed by atoms with Crippen LogP contribution in [0, 0.1) is 13.8 Å². The van der Waals surface area contributed by atoms with Crippen molar-refractivity contribution in [2.45, 2.75) is 20.3 Å². The molecule has 0 saturated heterocycles. The molecule has 1 heterocycles. The maximum Gasteiger partial charge on any atom is 0.251 e. The molecule has 0 atom stereocenters. The van der Waals surface area contributed by atoms with Crippen molar-refractivity contribution in [2.75, 3.05) is 11.4 Å². The molecular weight excluding hydrogens is 286 g/mol. The Kier molecular flexibility index (Phi) is 4.11. The van der Waals surface area contributed by atoms with Gasteiger partial charge in [-0.3, -0.25) is 9.59 Å². The van der Waals surface area contributed by atoms with E-state index in [2.05, 4.69) is 19.9 Å². The van der Waals surface area contributed by atoms with Crippen LogP contribution in [0.5, 0.6) is 0 Å². The second kappa shape index (κ2) is 6.21. The number of nitrogens with zero attached hydrogens (tertiary/aromatic N) is 1. The molecule has 1 aliphatic heterocycles. The summed E-state index contributed by atoms with van der Waals surface area (Å²) in [6.07, 6.45) is 3.78. The van der Waals surface area contributed by atoms with E-state index in [-0.39, 0.29) is 11.7 Å².